The normalized spacial score (nSPS) is 15.9. The first kappa shape index (κ1) is 41.1. The van der Waals surface area contributed by atoms with Gasteiger partial charge in [0.2, 0.25) is 0 Å². The molecule has 0 saturated heterocycles. The predicted molar refractivity (Wildman–Crippen MR) is 198 cm³/mol. The largest absolute Gasteiger partial charge is 0.378 e. The quantitative estimate of drug-likeness (QED) is 0.129. The summed E-state index contributed by atoms with van der Waals surface area (Å²) in [4.78, 5) is 0. The Morgan fingerprint density at radius 2 is 0.841 bits per heavy atom. The molecular weight excluding hydrogens is 536 g/mol. The first-order valence-electron chi connectivity index (χ1n) is 16.2. The van der Waals surface area contributed by atoms with Gasteiger partial charge in [0.25, 0.3) is 0 Å². The Hall–Kier alpha value is -2.94. The van der Waals surface area contributed by atoms with E-state index in [4.69, 9.17) is 9.47 Å². The summed E-state index contributed by atoms with van der Waals surface area (Å²) in [7, 11) is 3.53. The van der Waals surface area contributed by atoms with Gasteiger partial charge in [0.05, 0.1) is 11.2 Å². The third-order valence-electron chi connectivity index (χ3n) is 7.40. The molecule has 0 heterocycles. The highest BCUT2D eigenvalue weighted by Crippen LogP contribution is 2.16. The number of methoxy groups -OCH3 is 2. The van der Waals surface area contributed by atoms with E-state index in [0.29, 0.717) is 0 Å². The standard InChI is InChI=1S/C42H64O2/c1-35(23-15-25-37(3)27-17-29-39(5)31-19-33-41(7,8)43-11)21-13-14-22-36(2)24-16-26-38(4)28-18-30-40(6)32-20-34-42(9,10)44-12/h13-15,18-23,25-26,28-32H,16-17,24,27,33-34H2,1-12H3/b14-13-,23-15+,28-18+,31-19+,32-20+,35-21+,36-22+,37-25+,38-26+,39-29+,40-30+. The van der Waals surface area contributed by atoms with Gasteiger partial charge in [-0.15, -0.1) is 0 Å². The van der Waals surface area contributed by atoms with Crippen LogP contribution >= 0.6 is 0 Å². The average molecular weight is 601 g/mol. The van der Waals surface area contributed by atoms with Gasteiger partial charge in [0.1, 0.15) is 0 Å². The third kappa shape index (κ3) is 24.5. The van der Waals surface area contributed by atoms with E-state index < -0.39 is 0 Å². The third-order valence-corrected chi connectivity index (χ3v) is 7.40. The van der Waals surface area contributed by atoms with Gasteiger partial charge in [-0.2, -0.15) is 0 Å². The molecule has 0 spiro atoms. The second-order valence-electron chi connectivity index (χ2n) is 13.1. The number of hydrogen-bond acceptors (Lipinski definition) is 2. The van der Waals surface area contributed by atoms with Gasteiger partial charge in [-0.25, -0.2) is 0 Å². The second-order valence-corrected chi connectivity index (χ2v) is 13.1. The van der Waals surface area contributed by atoms with E-state index in [1.807, 2.05) is 0 Å². The lowest BCUT2D eigenvalue weighted by Gasteiger charge is -2.20. The zero-order chi connectivity index (χ0) is 33.4. The summed E-state index contributed by atoms with van der Waals surface area (Å²) in [5.74, 6) is 0. The summed E-state index contributed by atoms with van der Waals surface area (Å²) >= 11 is 0. The fourth-order valence-electron chi connectivity index (χ4n) is 3.84. The molecule has 0 radical (unpaired) electrons. The molecule has 0 amide bonds. The van der Waals surface area contributed by atoms with Crippen molar-refractivity contribution in [1.82, 2.24) is 0 Å². The Morgan fingerprint density at radius 3 is 1.36 bits per heavy atom. The molecule has 0 bridgehead atoms. The van der Waals surface area contributed by atoms with Crippen molar-refractivity contribution in [2.75, 3.05) is 14.2 Å². The molecule has 0 aromatic carbocycles. The monoisotopic (exact) mass is 600 g/mol. The summed E-state index contributed by atoms with van der Waals surface area (Å²) in [6.07, 6.45) is 41.0. The fourth-order valence-corrected chi connectivity index (χ4v) is 3.84. The van der Waals surface area contributed by atoms with Crippen LogP contribution in [0.1, 0.15) is 108 Å². The van der Waals surface area contributed by atoms with Gasteiger partial charge in [-0.05, 0) is 108 Å². The number of hydrogen-bond donors (Lipinski definition) is 0. The number of allylic oxidation sites excluding steroid dienone is 20. The van der Waals surface area contributed by atoms with E-state index in [1.165, 1.54) is 33.4 Å². The molecule has 44 heavy (non-hydrogen) atoms. The van der Waals surface area contributed by atoms with Crippen molar-refractivity contribution in [3.8, 4) is 0 Å². The van der Waals surface area contributed by atoms with Crippen molar-refractivity contribution in [2.45, 2.75) is 119 Å². The molecule has 0 atom stereocenters. The van der Waals surface area contributed by atoms with Crippen molar-refractivity contribution in [2.24, 2.45) is 0 Å². The molecule has 0 aliphatic rings. The molecule has 0 saturated carbocycles. The van der Waals surface area contributed by atoms with E-state index >= 15 is 0 Å². The molecular formula is C42H64O2. The number of rotatable bonds is 20. The maximum absolute atomic E-state index is 5.47. The van der Waals surface area contributed by atoms with Crippen LogP contribution in [-0.4, -0.2) is 25.4 Å². The van der Waals surface area contributed by atoms with Gasteiger partial charge in [0, 0.05) is 14.2 Å². The molecule has 0 aromatic heterocycles. The van der Waals surface area contributed by atoms with Crippen LogP contribution in [0.25, 0.3) is 0 Å². The first-order valence-corrected chi connectivity index (χ1v) is 16.2. The molecule has 0 aliphatic heterocycles. The maximum atomic E-state index is 5.47. The minimum atomic E-state index is -0.114. The lowest BCUT2D eigenvalue weighted by atomic mass is 10.0. The minimum Gasteiger partial charge on any atom is -0.378 e. The minimum absolute atomic E-state index is 0.103. The van der Waals surface area contributed by atoms with Gasteiger partial charge < -0.3 is 9.47 Å². The van der Waals surface area contributed by atoms with Crippen LogP contribution in [0, 0.1) is 0 Å². The van der Waals surface area contributed by atoms with Crippen LogP contribution in [0.15, 0.2) is 131 Å². The highest BCUT2D eigenvalue weighted by molar-refractivity contribution is 5.28. The summed E-state index contributed by atoms with van der Waals surface area (Å²) in [6, 6.07) is 0. The zero-order valence-electron chi connectivity index (χ0n) is 30.3. The van der Waals surface area contributed by atoms with E-state index in [1.54, 1.807) is 14.2 Å². The van der Waals surface area contributed by atoms with Gasteiger partial charge in [-0.1, -0.05) is 131 Å². The number of ether oxygens (including phenoxy) is 2. The molecule has 2 heteroatoms. The van der Waals surface area contributed by atoms with Gasteiger partial charge in [0.15, 0.2) is 0 Å². The van der Waals surface area contributed by atoms with Crippen LogP contribution < -0.4 is 0 Å². The van der Waals surface area contributed by atoms with Crippen LogP contribution in [-0.2, 0) is 9.47 Å². The lowest BCUT2D eigenvalue weighted by molar-refractivity contribution is 0.0252. The Balaban J connectivity index is 4.58. The van der Waals surface area contributed by atoms with Crippen LogP contribution in [0.2, 0.25) is 0 Å². The molecule has 0 fully saturated rings. The van der Waals surface area contributed by atoms with Crippen LogP contribution in [0.3, 0.4) is 0 Å². The Labute approximate surface area is 272 Å². The van der Waals surface area contributed by atoms with Crippen molar-refractivity contribution in [3.63, 3.8) is 0 Å². The van der Waals surface area contributed by atoms with Crippen molar-refractivity contribution in [1.29, 1.82) is 0 Å². The molecule has 0 N–H and O–H groups in total. The van der Waals surface area contributed by atoms with Crippen molar-refractivity contribution < 1.29 is 9.47 Å². The first-order chi connectivity index (χ1) is 20.7. The summed E-state index contributed by atoms with van der Waals surface area (Å²) < 4.78 is 10.9. The molecule has 0 aromatic rings. The van der Waals surface area contributed by atoms with E-state index in [2.05, 4.69) is 166 Å². The van der Waals surface area contributed by atoms with E-state index in [-0.39, 0.29) is 11.2 Å². The van der Waals surface area contributed by atoms with Crippen LogP contribution in [0.4, 0.5) is 0 Å². The fraction of sp³-hybridized carbons (Fsp3) is 0.476. The summed E-state index contributed by atoms with van der Waals surface area (Å²) in [6.45, 7) is 21.4. The van der Waals surface area contributed by atoms with Crippen molar-refractivity contribution >= 4 is 0 Å². The van der Waals surface area contributed by atoms with Gasteiger partial charge >= 0.3 is 0 Å². The smallest absolute Gasteiger partial charge is 0.0657 e. The molecule has 244 valence electrons. The van der Waals surface area contributed by atoms with E-state index in [0.717, 1.165) is 38.5 Å². The Morgan fingerprint density at radius 1 is 0.477 bits per heavy atom. The van der Waals surface area contributed by atoms with E-state index in [9.17, 15) is 0 Å². The Kier molecular flexibility index (Phi) is 21.9. The molecule has 0 aliphatic carbocycles. The SMILES string of the molecule is COC(C)(C)C/C=C/C(C)=C/C=C/C(C)=C/CC/C(C)=C/C=C\C=C(C)\C=C\C=C(/C)CC/C=C(C)/C=C/CC(C)(C)OC. The lowest BCUT2D eigenvalue weighted by Crippen LogP contribution is -2.20. The predicted octanol–water partition coefficient (Wildman–Crippen LogP) is 12.6. The Bertz CT molecular complexity index is 1160. The highest BCUT2D eigenvalue weighted by Gasteiger charge is 2.13. The molecule has 2 nitrogen and oxygen atoms in total. The second kappa shape index (κ2) is 23.4. The molecule has 0 unspecified atom stereocenters. The van der Waals surface area contributed by atoms with Crippen LogP contribution in [0.5, 0.6) is 0 Å². The average Bonchev–Trinajstić information content (AvgIpc) is 2.95. The highest BCUT2D eigenvalue weighted by atomic mass is 16.5. The molecule has 0 rings (SSSR count). The summed E-state index contributed by atoms with van der Waals surface area (Å²) in [5, 5.41) is 0. The van der Waals surface area contributed by atoms with Gasteiger partial charge in [-0.3, -0.25) is 0 Å². The maximum Gasteiger partial charge on any atom is 0.0657 e. The topological polar surface area (TPSA) is 18.5 Å². The van der Waals surface area contributed by atoms with Crippen molar-refractivity contribution in [3.05, 3.63) is 131 Å². The summed E-state index contributed by atoms with van der Waals surface area (Å²) in [5.41, 5.74) is 7.62. The zero-order valence-corrected chi connectivity index (χ0v) is 30.3.